The van der Waals surface area contributed by atoms with Crippen LogP contribution in [0.1, 0.15) is 28.4 Å². The van der Waals surface area contributed by atoms with Gasteiger partial charge in [-0.2, -0.15) is 4.31 Å². The number of rotatable bonds is 8. The molecule has 0 saturated carbocycles. The highest BCUT2D eigenvalue weighted by atomic mass is 79.9. The van der Waals surface area contributed by atoms with E-state index < -0.39 is 16.0 Å². The monoisotopic (exact) mass is 537 g/mol. The minimum atomic E-state index is -3.80. The van der Waals surface area contributed by atoms with Gasteiger partial charge in [0.1, 0.15) is 0 Å². The predicted molar refractivity (Wildman–Crippen MR) is 137 cm³/mol. The Kier molecular flexibility index (Phi) is 7.46. The highest BCUT2D eigenvalue weighted by Gasteiger charge is 2.25. The first-order valence-corrected chi connectivity index (χ1v) is 13.1. The van der Waals surface area contributed by atoms with Gasteiger partial charge in [0.2, 0.25) is 10.0 Å². The number of ether oxygens (including phenoxy) is 1. The molecule has 0 fully saturated rings. The van der Waals surface area contributed by atoms with Gasteiger partial charge in [-0.3, -0.25) is 0 Å². The normalized spacial score (nSPS) is 11.6. The fourth-order valence-electron chi connectivity index (χ4n) is 3.66. The molecule has 0 saturated heterocycles. The summed E-state index contributed by atoms with van der Waals surface area (Å²) in [5.41, 5.74) is 2.08. The summed E-state index contributed by atoms with van der Waals surface area (Å²) in [6.45, 7) is 2.42. The minimum absolute atomic E-state index is 0.161. The lowest BCUT2D eigenvalue weighted by atomic mass is 10.1. The van der Waals surface area contributed by atoms with Crippen molar-refractivity contribution in [1.82, 2.24) is 4.31 Å². The second kappa shape index (κ2) is 10.5. The quantitative estimate of drug-likeness (QED) is 0.252. The summed E-state index contributed by atoms with van der Waals surface area (Å²) in [5, 5.41) is 1.85. The van der Waals surface area contributed by atoms with E-state index in [1.165, 1.54) is 4.31 Å². The van der Waals surface area contributed by atoms with Crippen molar-refractivity contribution in [3.8, 4) is 0 Å². The lowest BCUT2D eigenvalue weighted by Crippen LogP contribution is -2.30. The summed E-state index contributed by atoms with van der Waals surface area (Å²) in [6.07, 6.45) is 0. The summed E-state index contributed by atoms with van der Waals surface area (Å²) in [7, 11) is -3.80. The third kappa shape index (κ3) is 5.55. The Labute approximate surface area is 208 Å². The lowest BCUT2D eigenvalue weighted by Gasteiger charge is -2.23. The second-order valence-corrected chi connectivity index (χ2v) is 10.7. The molecule has 0 aliphatic rings. The van der Waals surface area contributed by atoms with Crippen LogP contribution in [0.25, 0.3) is 10.8 Å². The number of sulfonamides is 1. The van der Waals surface area contributed by atoms with Crippen LogP contribution in [0.3, 0.4) is 0 Å². The van der Waals surface area contributed by atoms with Crippen molar-refractivity contribution in [3.63, 3.8) is 0 Å². The van der Waals surface area contributed by atoms with Crippen LogP contribution in [0.2, 0.25) is 0 Å². The van der Waals surface area contributed by atoms with Crippen LogP contribution >= 0.6 is 15.9 Å². The summed E-state index contributed by atoms with van der Waals surface area (Å²) in [6, 6.07) is 27.3. The Balaban J connectivity index is 1.68. The van der Waals surface area contributed by atoms with Crippen LogP contribution < -0.4 is 0 Å². The van der Waals surface area contributed by atoms with Crippen molar-refractivity contribution in [3.05, 3.63) is 112 Å². The van der Waals surface area contributed by atoms with E-state index in [1.807, 2.05) is 54.6 Å². The van der Waals surface area contributed by atoms with E-state index in [9.17, 15) is 13.2 Å². The largest absolute Gasteiger partial charge is 0.462 e. The molecule has 7 heteroatoms. The SMILES string of the molecule is CCOC(=O)c1ccc(CN(Cc2ccc(Br)cc2)S(=O)(=O)c2ccc3ccccc3c2)cc1. The molecule has 4 aromatic rings. The number of carbonyl (C=O) groups excluding carboxylic acids is 1. The van der Waals surface area contributed by atoms with Crippen LogP contribution in [-0.4, -0.2) is 25.3 Å². The van der Waals surface area contributed by atoms with Crippen molar-refractivity contribution >= 4 is 42.7 Å². The zero-order valence-electron chi connectivity index (χ0n) is 18.6. The first-order chi connectivity index (χ1) is 16.4. The highest BCUT2D eigenvalue weighted by molar-refractivity contribution is 9.10. The average molecular weight is 538 g/mol. The molecular formula is C27H24BrNO4S. The van der Waals surface area contributed by atoms with E-state index in [2.05, 4.69) is 15.9 Å². The van der Waals surface area contributed by atoms with Gasteiger partial charge in [-0.1, -0.05) is 70.5 Å². The molecule has 0 amide bonds. The molecule has 0 heterocycles. The van der Waals surface area contributed by atoms with E-state index in [4.69, 9.17) is 4.74 Å². The van der Waals surface area contributed by atoms with Gasteiger partial charge in [-0.25, -0.2) is 13.2 Å². The lowest BCUT2D eigenvalue weighted by molar-refractivity contribution is 0.0526. The number of fused-ring (bicyclic) bond motifs is 1. The van der Waals surface area contributed by atoms with Gasteiger partial charge < -0.3 is 4.74 Å². The molecule has 0 N–H and O–H groups in total. The Hall–Kier alpha value is -3.00. The van der Waals surface area contributed by atoms with Crippen LogP contribution in [0.4, 0.5) is 0 Å². The molecule has 0 spiro atoms. The predicted octanol–water partition coefficient (Wildman–Crippen LogP) is 6.17. The summed E-state index contributed by atoms with van der Waals surface area (Å²) < 4.78 is 34.9. The van der Waals surface area contributed by atoms with Crippen molar-refractivity contribution in [2.75, 3.05) is 6.61 Å². The summed E-state index contributed by atoms with van der Waals surface area (Å²) in [4.78, 5) is 12.2. The smallest absolute Gasteiger partial charge is 0.338 e. The number of esters is 1. The molecule has 4 aromatic carbocycles. The topological polar surface area (TPSA) is 63.7 Å². The van der Waals surface area contributed by atoms with E-state index in [0.29, 0.717) is 12.2 Å². The van der Waals surface area contributed by atoms with Crippen LogP contribution in [0, 0.1) is 0 Å². The Morgan fingerprint density at radius 3 is 2.03 bits per heavy atom. The molecule has 0 radical (unpaired) electrons. The molecule has 0 aliphatic heterocycles. The van der Waals surface area contributed by atoms with Crippen molar-refractivity contribution < 1.29 is 17.9 Å². The maximum absolute atomic E-state index is 13.8. The Morgan fingerprint density at radius 1 is 0.824 bits per heavy atom. The number of benzene rings is 4. The third-order valence-electron chi connectivity index (χ3n) is 5.45. The standard InChI is InChI=1S/C27H24BrNO4S/c1-2-33-27(30)23-11-7-20(8-12-23)18-29(19-21-9-14-25(28)15-10-21)34(31,32)26-16-13-22-5-3-4-6-24(22)17-26/h3-17H,2,18-19H2,1H3. The number of nitrogens with zero attached hydrogens (tertiary/aromatic N) is 1. The molecular weight excluding hydrogens is 514 g/mol. The summed E-state index contributed by atoms with van der Waals surface area (Å²) >= 11 is 3.42. The van der Waals surface area contributed by atoms with Crippen molar-refractivity contribution in [2.45, 2.75) is 24.9 Å². The number of hydrogen-bond donors (Lipinski definition) is 0. The van der Waals surface area contributed by atoms with Crippen molar-refractivity contribution in [2.24, 2.45) is 0 Å². The van der Waals surface area contributed by atoms with Gasteiger partial charge in [0.05, 0.1) is 17.1 Å². The van der Waals surface area contributed by atoms with Gasteiger partial charge in [0, 0.05) is 17.6 Å². The van der Waals surface area contributed by atoms with Gasteiger partial charge >= 0.3 is 5.97 Å². The van der Waals surface area contributed by atoms with Gasteiger partial charge in [0.15, 0.2) is 0 Å². The van der Waals surface area contributed by atoms with Crippen LogP contribution in [0.5, 0.6) is 0 Å². The fourth-order valence-corrected chi connectivity index (χ4v) is 5.38. The second-order valence-electron chi connectivity index (χ2n) is 7.83. The third-order valence-corrected chi connectivity index (χ3v) is 7.77. The molecule has 0 unspecified atom stereocenters. The summed E-state index contributed by atoms with van der Waals surface area (Å²) in [5.74, 6) is -0.399. The van der Waals surface area contributed by atoms with Crippen LogP contribution in [0.15, 0.2) is 100 Å². The number of halogens is 1. The fraction of sp³-hybridized carbons (Fsp3) is 0.148. The minimum Gasteiger partial charge on any atom is -0.462 e. The molecule has 0 bridgehead atoms. The Morgan fingerprint density at radius 2 is 1.41 bits per heavy atom. The van der Waals surface area contributed by atoms with Gasteiger partial charge in [-0.15, -0.1) is 0 Å². The molecule has 5 nitrogen and oxygen atoms in total. The zero-order chi connectivity index (χ0) is 24.1. The molecule has 174 valence electrons. The zero-order valence-corrected chi connectivity index (χ0v) is 21.1. The van der Waals surface area contributed by atoms with Gasteiger partial charge in [-0.05, 0) is 65.2 Å². The van der Waals surface area contributed by atoms with E-state index in [0.717, 1.165) is 26.4 Å². The highest BCUT2D eigenvalue weighted by Crippen LogP contribution is 2.25. The van der Waals surface area contributed by atoms with Crippen LogP contribution in [-0.2, 0) is 27.8 Å². The first-order valence-electron chi connectivity index (χ1n) is 10.9. The Bertz CT molecular complexity index is 1400. The van der Waals surface area contributed by atoms with E-state index in [1.54, 1.807) is 43.3 Å². The molecule has 0 aromatic heterocycles. The van der Waals surface area contributed by atoms with E-state index in [-0.39, 0.29) is 18.0 Å². The van der Waals surface area contributed by atoms with Crippen molar-refractivity contribution in [1.29, 1.82) is 0 Å². The number of hydrogen-bond acceptors (Lipinski definition) is 4. The molecule has 0 aliphatic carbocycles. The maximum Gasteiger partial charge on any atom is 0.338 e. The average Bonchev–Trinajstić information content (AvgIpc) is 2.85. The maximum atomic E-state index is 13.8. The molecule has 4 rings (SSSR count). The van der Waals surface area contributed by atoms with Gasteiger partial charge in [0.25, 0.3) is 0 Å². The first kappa shape index (κ1) is 24.1. The number of carbonyl (C=O) groups is 1. The van der Waals surface area contributed by atoms with E-state index >= 15 is 0 Å². The molecule has 34 heavy (non-hydrogen) atoms. The molecule has 0 atom stereocenters.